The second-order valence-electron chi connectivity index (χ2n) is 3.09. The van der Waals surface area contributed by atoms with Crippen molar-refractivity contribution >= 4 is 22.8 Å². The van der Waals surface area contributed by atoms with Gasteiger partial charge in [-0.25, -0.2) is 5.84 Å². The Morgan fingerprint density at radius 2 is 2.38 bits per heavy atom. The molecule has 0 aliphatic carbocycles. The number of nitrogens with two attached hydrogens (primary N) is 1. The number of aromatic nitrogens is 4. The van der Waals surface area contributed by atoms with Gasteiger partial charge < -0.3 is 10.1 Å². The molecule has 0 aromatic carbocycles. The molecule has 8 nitrogen and oxygen atoms in total. The summed E-state index contributed by atoms with van der Waals surface area (Å²) >= 11 is 0. The number of hydrogen-bond acceptors (Lipinski definition) is 7. The summed E-state index contributed by atoms with van der Waals surface area (Å²) in [6, 6.07) is 0. The lowest BCUT2D eigenvalue weighted by molar-refractivity contribution is 0.210. The van der Waals surface area contributed by atoms with Crippen LogP contribution in [0.15, 0.2) is 6.20 Å². The second kappa shape index (κ2) is 4.73. The Labute approximate surface area is 91.6 Å². The molecule has 0 bridgehead atoms. The van der Waals surface area contributed by atoms with Gasteiger partial charge in [-0.2, -0.15) is 15.1 Å². The average molecular weight is 223 g/mol. The summed E-state index contributed by atoms with van der Waals surface area (Å²) in [6.45, 7) is 1.24. The van der Waals surface area contributed by atoms with E-state index in [1.165, 1.54) is 0 Å². The van der Waals surface area contributed by atoms with Crippen LogP contribution in [-0.2, 0) is 4.74 Å². The van der Waals surface area contributed by atoms with Crippen LogP contribution in [0.1, 0.15) is 0 Å². The minimum Gasteiger partial charge on any atom is -0.383 e. The Kier molecular flexibility index (Phi) is 3.13. The predicted octanol–water partition coefficient (Wildman–Crippen LogP) is -0.303. The third-order valence-corrected chi connectivity index (χ3v) is 2.04. The van der Waals surface area contributed by atoms with E-state index >= 15 is 0 Å². The Morgan fingerprint density at radius 3 is 3.12 bits per heavy atom. The van der Waals surface area contributed by atoms with E-state index in [0.29, 0.717) is 30.6 Å². The first-order valence-corrected chi connectivity index (χ1v) is 4.75. The first-order valence-electron chi connectivity index (χ1n) is 4.75. The molecule has 2 aromatic rings. The summed E-state index contributed by atoms with van der Waals surface area (Å²) in [5.74, 6) is 6.27. The third-order valence-electron chi connectivity index (χ3n) is 2.04. The van der Waals surface area contributed by atoms with Gasteiger partial charge in [0, 0.05) is 13.7 Å². The number of hydrogen-bond donors (Lipinski definition) is 4. The molecule has 5 N–H and O–H groups in total. The van der Waals surface area contributed by atoms with Crippen molar-refractivity contribution in [1.82, 2.24) is 20.2 Å². The van der Waals surface area contributed by atoms with E-state index in [9.17, 15) is 0 Å². The number of H-pyrrole nitrogens is 1. The third kappa shape index (κ3) is 2.02. The van der Waals surface area contributed by atoms with Crippen molar-refractivity contribution in [3.05, 3.63) is 6.20 Å². The normalized spacial score (nSPS) is 10.6. The van der Waals surface area contributed by atoms with Gasteiger partial charge >= 0.3 is 0 Å². The molecule has 0 atom stereocenters. The Morgan fingerprint density at radius 1 is 1.50 bits per heavy atom. The lowest BCUT2D eigenvalue weighted by Crippen LogP contribution is -2.14. The topological polar surface area (TPSA) is 114 Å². The largest absolute Gasteiger partial charge is 0.383 e. The monoisotopic (exact) mass is 223 g/mol. The maximum absolute atomic E-state index is 5.27. The Bertz CT molecular complexity index is 468. The average Bonchev–Trinajstić information content (AvgIpc) is 2.77. The zero-order chi connectivity index (χ0) is 11.4. The smallest absolute Gasteiger partial charge is 0.241 e. The molecule has 0 aliphatic rings. The molecule has 2 heterocycles. The molecule has 8 heteroatoms. The summed E-state index contributed by atoms with van der Waals surface area (Å²) in [5.41, 5.74) is 3.03. The zero-order valence-electron chi connectivity index (χ0n) is 8.82. The van der Waals surface area contributed by atoms with Gasteiger partial charge in [-0.1, -0.05) is 0 Å². The van der Waals surface area contributed by atoms with Crippen LogP contribution in [-0.4, -0.2) is 40.4 Å². The lowest BCUT2D eigenvalue weighted by Gasteiger charge is -2.07. The van der Waals surface area contributed by atoms with Crippen molar-refractivity contribution in [3.8, 4) is 0 Å². The molecule has 2 rings (SSSR count). The van der Waals surface area contributed by atoms with E-state index in [1.54, 1.807) is 13.3 Å². The molecule has 0 saturated carbocycles. The standard InChI is InChI=1S/C8H13N7O/c1-16-3-2-10-6-5-4-11-15-7(5)13-8(12-6)14-9/h4H,2-3,9H2,1H3,(H3,10,11,12,13,14,15). The number of nitrogens with one attached hydrogen (secondary N) is 3. The second-order valence-corrected chi connectivity index (χ2v) is 3.09. The first kappa shape index (κ1) is 10.6. The number of nitrogens with zero attached hydrogens (tertiary/aromatic N) is 3. The number of anilines is 2. The minimum absolute atomic E-state index is 0.330. The highest BCUT2D eigenvalue weighted by atomic mass is 16.5. The van der Waals surface area contributed by atoms with Gasteiger partial charge in [0.1, 0.15) is 5.82 Å². The molecular weight excluding hydrogens is 210 g/mol. The van der Waals surface area contributed by atoms with Gasteiger partial charge in [0.25, 0.3) is 0 Å². The van der Waals surface area contributed by atoms with Crippen molar-refractivity contribution in [2.75, 3.05) is 31.0 Å². The fourth-order valence-corrected chi connectivity index (χ4v) is 1.31. The van der Waals surface area contributed by atoms with Gasteiger partial charge in [0.15, 0.2) is 5.65 Å². The number of hydrazine groups is 1. The molecule has 0 fully saturated rings. The number of rotatable bonds is 5. The Balaban J connectivity index is 2.29. The molecule has 0 spiro atoms. The quantitative estimate of drug-likeness (QED) is 0.312. The Hall–Kier alpha value is -1.93. The number of nitrogen functional groups attached to an aromatic ring is 1. The van der Waals surface area contributed by atoms with Gasteiger partial charge in [0.05, 0.1) is 18.2 Å². The van der Waals surface area contributed by atoms with E-state index in [1.807, 2.05) is 0 Å². The number of fused-ring (bicyclic) bond motifs is 1. The molecule has 0 unspecified atom stereocenters. The fourth-order valence-electron chi connectivity index (χ4n) is 1.31. The van der Waals surface area contributed by atoms with E-state index < -0.39 is 0 Å². The lowest BCUT2D eigenvalue weighted by atomic mass is 10.4. The van der Waals surface area contributed by atoms with E-state index in [4.69, 9.17) is 10.6 Å². The number of methoxy groups -OCH3 is 1. The van der Waals surface area contributed by atoms with Crippen molar-refractivity contribution in [3.63, 3.8) is 0 Å². The van der Waals surface area contributed by atoms with Crippen LogP contribution in [0.25, 0.3) is 11.0 Å². The van der Waals surface area contributed by atoms with Crippen LogP contribution in [0.5, 0.6) is 0 Å². The molecule has 0 aliphatic heterocycles. The van der Waals surface area contributed by atoms with Crippen LogP contribution in [0.2, 0.25) is 0 Å². The van der Waals surface area contributed by atoms with Gasteiger partial charge in [0.2, 0.25) is 5.95 Å². The summed E-state index contributed by atoms with van der Waals surface area (Å²) in [5, 5.41) is 10.6. The van der Waals surface area contributed by atoms with E-state index in [0.717, 1.165) is 5.39 Å². The van der Waals surface area contributed by atoms with Crippen LogP contribution < -0.4 is 16.6 Å². The summed E-state index contributed by atoms with van der Waals surface area (Å²) in [6.07, 6.45) is 1.66. The summed E-state index contributed by atoms with van der Waals surface area (Å²) in [7, 11) is 1.64. The van der Waals surface area contributed by atoms with E-state index in [-0.39, 0.29) is 0 Å². The predicted molar refractivity (Wildman–Crippen MR) is 59.9 cm³/mol. The number of aromatic amines is 1. The molecule has 0 saturated heterocycles. The zero-order valence-corrected chi connectivity index (χ0v) is 8.82. The maximum atomic E-state index is 5.27. The van der Waals surface area contributed by atoms with Crippen LogP contribution >= 0.6 is 0 Å². The molecule has 0 radical (unpaired) electrons. The van der Waals surface area contributed by atoms with Crippen LogP contribution in [0.4, 0.5) is 11.8 Å². The first-order chi connectivity index (χ1) is 7.85. The van der Waals surface area contributed by atoms with Gasteiger partial charge in [-0.3, -0.25) is 10.5 Å². The van der Waals surface area contributed by atoms with Crippen molar-refractivity contribution in [2.45, 2.75) is 0 Å². The maximum Gasteiger partial charge on any atom is 0.241 e. The molecule has 0 amide bonds. The van der Waals surface area contributed by atoms with Crippen molar-refractivity contribution < 1.29 is 4.74 Å². The molecule has 2 aromatic heterocycles. The number of ether oxygens (including phenoxy) is 1. The van der Waals surface area contributed by atoms with Gasteiger partial charge in [-0.05, 0) is 0 Å². The fraction of sp³-hybridized carbons (Fsp3) is 0.375. The van der Waals surface area contributed by atoms with Crippen molar-refractivity contribution in [1.29, 1.82) is 0 Å². The highest BCUT2D eigenvalue weighted by molar-refractivity contribution is 5.86. The highest BCUT2D eigenvalue weighted by Crippen LogP contribution is 2.18. The summed E-state index contributed by atoms with van der Waals surface area (Å²) < 4.78 is 4.94. The molecule has 86 valence electrons. The van der Waals surface area contributed by atoms with Crippen molar-refractivity contribution in [2.24, 2.45) is 5.84 Å². The molecule has 16 heavy (non-hydrogen) atoms. The SMILES string of the molecule is COCCNc1nc(NN)nc2[nH]ncc12. The minimum atomic E-state index is 0.330. The molecular formula is C8H13N7O. The summed E-state index contributed by atoms with van der Waals surface area (Å²) in [4.78, 5) is 8.30. The van der Waals surface area contributed by atoms with Crippen LogP contribution in [0, 0.1) is 0 Å². The van der Waals surface area contributed by atoms with E-state index in [2.05, 4.69) is 30.9 Å². The highest BCUT2D eigenvalue weighted by Gasteiger charge is 2.07. The van der Waals surface area contributed by atoms with Gasteiger partial charge in [-0.15, -0.1) is 0 Å². The van der Waals surface area contributed by atoms with Crippen LogP contribution in [0.3, 0.4) is 0 Å².